The van der Waals surface area contributed by atoms with Gasteiger partial charge in [-0.25, -0.2) is 5.01 Å². The highest BCUT2D eigenvalue weighted by Gasteiger charge is 2.18. The molecule has 1 N–H and O–H groups in total. The summed E-state index contributed by atoms with van der Waals surface area (Å²) >= 11 is 0. The van der Waals surface area contributed by atoms with E-state index >= 15 is 0 Å². The van der Waals surface area contributed by atoms with Crippen LogP contribution in [0.5, 0.6) is 0 Å². The molecule has 1 aliphatic rings. The maximum Gasteiger partial charge on any atom is 0.328 e. The van der Waals surface area contributed by atoms with Gasteiger partial charge in [-0.2, -0.15) is 0 Å². The molecule has 12 heavy (non-hydrogen) atoms. The van der Waals surface area contributed by atoms with E-state index in [1.54, 1.807) is 5.01 Å². The lowest BCUT2D eigenvalue weighted by atomic mass is 10.3. The van der Waals surface area contributed by atoms with E-state index in [2.05, 4.69) is 5.32 Å². The minimum atomic E-state index is 0.209. The first kappa shape index (κ1) is 9.48. The molecule has 0 bridgehead atoms. The van der Waals surface area contributed by atoms with E-state index in [1.807, 2.05) is 25.3 Å². The Morgan fingerprint density at radius 2 is 2.00 bits per heavy atom. The molecule has 4 heteroatoms. The van der Waals surface area contributed by atoms with Gasteiger partial charge in [0.2, 0.25) is 0 Å². The quantitative estimate of drug-likeness (QED) is 0.585. The van der Waals surface area contributed by atoms with Crippen LogP contribution in [-0.4, -0.2) is 48.6 Å². The lowest BCUT2D eigenvalue weighted by Crippen LogP contribution is -2.54. The maximum absolute atomic E-state index is 10.6. The van der Waals surface area contributed by atoms with Crippen molar-refractivity contribution in [1.82, 2.24) is 15.3 Å². The Balaban J connectivity index is 2.45. The largest absolute Gasteiger partial charge is 0.328 e. The minimum absolute atomic E-state index is 0.209. The smallest absolute Gasteiger partial charge is 0.314 e. The Bertz CT molecular complexity index is 143. The second-order valence-electron chi connectivity index (χ2n) is 3.23. The molecule has 1 fully saturated rings. The van der Waals surface area contributed by atoms with Crippen molar-refractivity contribution in [1.29, 1.82) is 0 Å². The molecular formula is C8H16N3O. The van der Waals surface area contributed by atoms with Crippen molar-refractivity contribution < 1.29 is 4.79 Å². The molecule has 0 aromatic carbocycles. The Hall–Kier alpha value is -0.610. The van der Waals surface area contributed by atoms with E-state index < -0.39 is 0 Å². The predicted molar refractivity (Wildman–Crippen MR) is 47.1 cm³/mol. The van der Waals surface area contributed by atoms with Crippen molar-refractivity contribution >= 4 is 6.41 Å². The fraction of sp³-hybridized carbons (Fsp3) is 0.875. The normalized spacial score (nSPS) is 19.6. The molecule has 1 aliphatic heterocycles. The second-order valence-corrected chi connectivity index (χ2v) is 3.23. The molecule has 0 aliphatic carbocycles. The summed E-state index contributed by atoms with van der Waals surface area (Å²) in [4.78, 5) is 10.6. The minimum Gasteiger partial charge on any atom is -0.314 e. The highest BCUT2D eigenvalue weighted by molar-refractivity contribution is 5.47. The van der Waals surface area contributed by atoms with E-state index in [-0.39, 0.29) is 6.04 Å². The third-order valence-electron chi connectivity index (χ3n) is 1.98. The van der Waals surface area contributed by atoms with Crippen molar-refractivity contribution in [2.45, 2.75) is 19.9 Å². The molecule has 1 amide bonds. The summed E-state index contributed by atoms with van der Waals surface area (Å²) in [5, 5.41) is 6.91. The van der Waals surface area contributed by atoms with Gasteiger partial charge in [0.05, 0.1) is 0 Å². The summed E-state index contributed by atoms with van der Waals surface area (Å²) in [6, 6.07) is 0.209. The van der Waals surface area contributed by atoms with Gasteiger partial charge >= 0.3 is 6.41 Å². The molecule has 0 atom stereocenters. The number of hydrazine groups is 1. The van der Waals surface area contributed by atoms with Gasteiger partial charge in [-0.1, -0.05) is 0 Å². The summed E-state index contributed by atoms with van der Waals surface area (Å²) in [5.41, 5.74) is 0. The monoisotopic (exact) mass is 170 g/mol. The van der Waals surface area contributed by atoms with Crippen molar-refractivity contribution in [2.24, 2.45) is 0 Å². The Morgan fingerprint density at radius 1 is 1.42 bits per heavy atom. The molecular weight excluding hydrogens is 154 g/mol. The van der Waals surface area contributed by atoms with Gasteiger partial charge in [-0.3, -0.25) is 9.80 Å². The molecule has 69 valence electrons. The third-order valence-corrected chi connectivity index (χ3v) is 1.98. The van der Waals surface area contributed by atoms with Crippen LogP contribution in [0.1, 0.15) is 13.8 Å². The molecule has 1 rings (SSSR count). The third kappa shape index (κ3) is 2.19. The lowest BCUT2D eigenvalue weighted by Gasteiger charge is -2.36. The Morgan fingerprint density at radius 3 is 2.42 bits per heavy atom. The molecule has 1 heterocycles. The van der Waals surface area contributed by atoms with Gasteiger partial charge in [-0.05, 0) is 13.8 Å². The number of piperazine rings is 1. The van der Waals surface area contributed by atoms with Crippen molar-refractivity contribution in [3.05, 3.63) is 0 Å². The van der Waals surface area contributed by atoms with E-state index in [0.29, 0.717) is 0 Å². The molecule has 1 radical (unpaired) electrons. The number of carbonyl (C=O) groups excluding carboxylic acids is 1. The van der Waals surface area contributed by atoms with E-state index in [4.69, 9.17) is 0 Å². The first-order chi connectivity index (χ1) is 5.75. The van der Waals surface area contributed by atoms with Crippen LogP contribution in [0.3, 0.4) is 0 Å². The van der Waals surface area contributed by atoms with E-state index in [1.165, 1.54) is 0 Å². The van der Waals surface area contributed by atoms with Gasteiger partial charge in [0, 0.05) is 32.2 Å². The Kier molecular flexibility index (Phi) is 3.49. The SMILES string of the molecule is CC(C)N([C]=O)N1CCNCC1. The second kappa shape index (κ2) is 4.42. The summed E-state index contributed by atoms with van der Waals surface area (Å²) in [5.74, 6) is 0. The number of rotatable bonds is 3. The summed E-state index contributed by atoms with van der Waals surface area (Å²) in [6.07, 6.45) is 1.95. The maximum atomic E-state index is 10.6. The van der Waals surface area contributed by atoms with E-state index in [9.17, 15) is 4.79 Å². The molecule has 0 unspecified atom stereocenters. The van der Waals surface area contributed by atoms with Gasteiger partial charge < -0.3 is 5.32 Å². The number of hydrogen-bond donors (Lipinski definition) is 1. The van der Waals surface area contributed by atoms with Crippen molar-refractivity contribution in [3.63, 3.8) is 0 Å². The van der Waals surface area contributed by atoms with Crippen LogP contribution in [-0.2, 0) is 4.79 Å². The summed E-state index contributed by atoms with van der Waals surface area (Å²) < 4.78 is 0. The fourth-order valence-corrected chi connectivity index (χ4v) is 1.36. The van der Waals surface area contributed by atoms with Crippen molar-refractivity contribution in [3.8, 4) is 0 Å². The zero-order valence-electron chi connectivity index (χ0n) is 7.71. The highest BCUT2D eigenvalue weighted by atomic mass is 16.1. The van der Waals surface area contributed by atoms with Crippen LogP contribution in [0.4, 0.5) is 0 Å². The van der Waals surface area contributed by atoms with Gasteiger partial charge in [0.15, 0.2) is 0 Å². The van der Waals surface area contributed by atoms with Crippen LogP contribution in [0, 0.1) is 0 Å². The summed E-state index contributed by atoms with van der Waals surface area (Å²) in [7, 11) is 0. The molecule has 1 saturated heterocycles. The highest BCUT2D eigenvalue weighted by Crippen LogP contribution is 2.02. The predicted octanol–water partition coefficient (Wildman–Crippen LogP) is -0.416. The van der Waals surface area contributed by atoms with Crippen molar-refractivity contribution in [2.75, 3.05) is 26.2 Å². The van der Waals surface area contributed by atoms with E-state index in [0.717, 1.165) is 26.2 Å². The molecule has 0 saturated carbocycles. The van der Waals surface area contributed by atoms with Crippen LogP contribution >= 0.6 is 0 Å². The molecule has 0 spiro atoms. The molecule has 4 nitrogen and oxygen atoms in total. The summed E-state index contributed by atoms with van der Waals surface area (Å²) in [6.45, 7) is 7.68. The average Bonchev–Trinajstić information content (AvgIpc) is 2.07. The van der Waals surface area contributed by atoms with Crippen LogP contribution < -0.4 is 5.32 Å². The average molecular weight is 170 g/mol. The number of hydrogen-bond acceptors (Lipinski definition) is 3. The first-order valence-corrected chi connectivity index (χ1v) is 4.38. The lowest BCUT2D eigenvalue weighted by molar-refractivity contribution is 0.00600. The zero-order chi connectivity index (χ0) is 8.97. The topological polar surface area (TPSA) is 35.6 Å². The zero-order valence-corrected chi connectivity index (χ0v) is 7.71. The van der Waals surface area contributed by atoms with Gasteiger partial charge in [0.25, 0.3) is 0 Å². The molecule has 0 aromatic rings. The first-order valence-electron chi connectivity index (χ1n) is 4.38. The number of nitrogens with zero attached hydrogens (tertiary/aromatic N) is 2. The fourth-order valence-electron chi connectivity index (χ4n) is 1.36. The van der Waals surface area contributed by atoms with Crippen LogP contribution in [0.2, 0.25) is 0 Å². The van der Waals surface area contributed by atoms with Gasteiger partial charge in [0.1, 0.15) is 0 Å². The molecule has 0 aromatic heterocycles. The van der Waals surface area contributed by atoms with Gasteiger partial charge in [-0.15, -0.1) is 0 Å². The van der Waals surface area contributed by atoms with Crippen LogP contribution in [0.25, 0.3) is 0 Å². The Labute approximate surface area is 73.5 Å². The number of nitrogens with one attached hydrogen (secondary N) is 1. The van der Waals surface area contributed by atoms with Crippen LogP contribution in [0.15, 0.2) is 0 Å². The standard InChI is InChI=1S/C8H16N3O/c1-8(2)11(7-12)10-5-3-9-4-6-10/h8-9H,3-6H2,1-2H3. The number of amides is 1.